The van der Waals surface area contributed by atoms with Crippen LogP contribution in [0.3, 0.4) is 0 Å². The van der Waals surface area contributed by atoms with Crippen LogP contribution in [0.1, 0.15) is 20.3 Å². The summed E-state index contributed by atoms with van der Waals surface area (Å²) in [6, 6.07) is 14.8. The van der Waals surface area contributed by atoms with Crippen molar-refractivity contribution >= 4 is 27.3 Å². The third-order valence-corrected chi connectivity index (χ3v) is 6.37. The number of amides is 1. The summed E-state index contributed by atoms with van der Waals surface area (Å²) in [6.07, 6.45) is 0.393. The third kappa shape index (κ3) is 6.04. The van der Waals surface area contributed by atoms with Crippen LogP contribution in [0.5, 0.6) is 0 Å². The van der Waals surface area contributed by atoms with E-state index in [9.17, 15) is 13.2 Å². The average molecular weight is 432 g/mol. The Hall–Kier alpha value is -2.42. The van der Waals surface area contributed by atoms with E-state index in [2.05, 4.69) is 14.9 Å². The molecule has 1 aliphatic heterocycles. The molecule has 162 valence electrons. The molecule has 2 aromatic carbocycles. The maximum atomic E-state index is 12.9. The zero-order valence-electron chi connectivity index (χ0n) is 17.4. The van der Waals surface area contributed by atoms with Gasteiger partial charge in [0.2, 0.25) is 15.9 Å². The number of nitrogens with zero attached hydrogens (tertiary/aromatic N) is 1. The molecule has 0 saturated carbocycles. The van der Waals surface area contributed by atoms with Gasteiger partial charge < -0.3 is 15.0 Å². The van der Waals surface area contributed by atoms with Gasteiger partial charge in [-0.2, -0.15) is 4.72 Å². The Kier molecular flexibility index (Phi) is 7.47. The molecule has 0 aromatic heterocycles. The van der Waals surface area contributed by atoms with Crippen LogP contribution in [0.2, 0.25) is 0 Å². The lowest BCUT2D eigenvalue weighted by Gasteiger charge is -2.29. The van der Waals surface area contributed by atoms with Gasteiger partial charge >= 0.3 is 0 Å². The number of carbonyl (C=O) groups is 1. The van der Waals surface area contributed by atoms with E-state index in [4.69, 9.17) is 4.74 Å². The monoisotopic (exact) mass is 431 g/mol. The fourth-order valence-electron chi connectivity index (χ4n) is 3.34. The van der Waals surface area contributed by atoms with Gasteiger partial charge in [-0.25, -0.2) is 8.42 Å². The molecule has 7 nitrogen and oxygen atoms in total. The lowest BCUT2D eigenvalue weighted by atomic mass is 10.0. The van der Waals surface area contributed by atoms with E-state index < -0.39 is 16.1 Å². The topological polar surface area (TPSA) is 87.7 Å². The smallest absolute Gasteiger partial charge is 0.242 e. The molecular formula is C22H29N3O4S. The third-order valence-electron chi connectivity index (χ3n) is 4.89. The second-order valence-corrected chi connectivity index (χ2v) is 9.47. The Balaban J connectivity index is 1.69. The van der Waals surface area contributed by atoms with Crippen molar-refractivity contribution in [2.45, 2.75) is 31.2 Å². The number of sulfonamides is 1. The van der Waals surface area contributed by atoms with Gasteiger partial charge in [-0.1, -0.05) is 32.0 Å². The summed E-state index contributed by atoms with van der Waals surface area (Å²) >= 11 is 0. The first-order chi connectivity index (χ1) is 14.3. The zero-order valence-corrected chi connectivity index (χ0v) is 18.2. The Labute approximate surface area is 178 Å². The van der Waals surface area contributed by atoms with Crippen molar-refractivity contribution in [1.82, 2.24) is 4.72 Å². The van der Waals surface area contributed by atoms with Gasteiger partial charge in [0.25, 0.3) is 0 Å². The summed E-state index contributed by atoms with van der Waals surface area (Å²) in [7, 11) is -3.79. The molecular weight excluding hydrogens is 402 g/mol. The molecule has 2 N–H and O–H groups in total. The van der Waals surface area contributed by atoms with Crippen molar-refractivity contribution in [2.75, 3.05) is 36.5 Å². The zero-order chi connectivity index (χ0) is 21.6. The molecule has 8 heteroatoms. The number of hydrogen-bond acceptors (Lipinski definition) is 5. The number of ether oxygens (including phenoxy) is 1. The summed E-state index contributed by atoms with van der Waals surface area (Å²) < 4.78 is 33.3. The van der Waals surface area contributed by atoms with Crippen molar-refractivity contribution in [3.05, 3.63) is 54.6 Å². The molecule has 3 rings (SSSR count). The van der Waals surface area contributed by atoms with Crippen LogP contribution in [0.4, 0.5) is 11.4 Å². The van der Waals surface area contributed by atoms with Crippen LogP contribution in [0.25, 0.3) is 0 Å². The van der Waals surface area contributed by atoms with Crippen molar-refractivity contribution in [3.63, 3.8) is 0 Å². The predicted octanol–water partition coefficient (Wildman–Crippen LogP) is 2.85. The number of rotatable bonds is 8. The van der Waals surface area contributed by atoms with E-state index in [-0.39, 0.29) is 16.7 Å². The number of anilines is 2. The van der Waals surface area contributed by atoms with E-state index in [1.54, 1.807) is 18.2 Å². The first-order valence-electron chi connectivity index (χ1n) is 10.2. The molecule has 30 heavy (non-hydrogen) atoms. The minimum Gasteiger partial charge on any atom is -0.378 e. The van der Waals surface area contributed by atoms with Crippen LogP contribution in [0.15, 0.2) is 59.5 Å². The second kappa shape index (κ2) is 10.1. The molecule has 0 aliphatic carbocycles. The minimum absolute atomic E-state index is 0.140. The largest absolute Gasteiger partial charge is 0.378 e. The van der Waals surface area contributed by atoms with Crippen molar-refractivity contribution in [2.24, 2.45) is 5.92 Å². The first-order valence-corrected chi connectivity index (χ1v) is 11.6. The van der Waals surface area contributed by atoms with Crippen molar-refractivity contribution < 1.29 is 17.9 Å². The number of hydrogen-bond donors (Lipinski definition) is 2. The Morgan fingerprint density at radius 2 is 1.67 bits per heavy atom. The number of morpholine rings is 1. The lowest BCUT2D eigenvalue weighted by Crippen LogP contribution is -2.44. The summed E-state index contributed by atoms with van der Waals surface area (Å²) in [6.45, 7) is 6.99. The van der Waals surface area contributed by atoms with Gasteiger partial charge in [0.15, 0.2) is 0 Å². The Bertz CT molecular complexity index is 925. The summed E-state index contributed by atoms with van der Waals surface area (Å²) in [4.78, 5) is 15.2. The Morgan fingerprint density at radius 3 is 2.27 bits per heavy atom. The van der Waals surface area contributed by atoms with Gasteiger partial charge in [0.1, 0.15) is 6.04 Å². The first kappa shape index (κ1) is 22.3. The minimum atomic E-state index is -3.79. The fraction of sp³-hybridized carbons (Fsp3) is 0.409. The highest BCUT2D eigenvalue weighted by Gasteiger charge is 2.26. The van der Waals surface area contributed by atoms with Gasteiger partial charge in [-0.3, -0.25) is 4.79 Å². The van der Waals surface area contributed by atoms with Crippen molar-refractivity contribution in [1.29, 1.82) is 0 Å². The van der Waals surface area contributed by atoms with Gasteiger partial charge in [0, 0.05) is 24.5 Å². The van der Waals surface area contributed by atoms with E-state index in [0.717, 1.165) is 18.8 Å². The van der Waals surface area contributed by atoms with E-state index in [1.807, 2.05) is 38.1 Å². The molecule has 0 spiro atoms. The normalized spacial score (nSPS) is 15.8. The van der Waals surface area contributed by atoms with Gasteiger partial charge in [-0.05, 0) is 48.7 Å². The lowest BCUT2D eigenvalue weighted by molar-refractivity contribution is -0.118. The van der Waals surface area contributed by atoms with Crippen molar-refractivity contribution in [3.8, 4) is 0 Å². The molecule has 1 aliphatic rings. The SMILES string of the molecule is CC(C)C[C@H](NS(=O)(=O)c1ccccc1)C(=O)Nc1ccc(N2CCOCC2)cc1. The molecule has 1 saturated heterocycles. The van der Waals surface area contributed by atoms with Crippen LogP contribution in [-0.4, -0.2) is 46.7 Å². The molecule has 1 fully saturated rings. The maximum Gasteiger partial charge on any atom is 0.242 e. The number of nitrogens with one attached hydrogen (secondary N) is 2. The van der Waals surface area contributed by atoms with Crippen LogP contribution >= 0.6 is 0 Å². The van der Waals surface area contributed by atoms with Crippen LogP contribution in [-0.2, 0) is 19.6 Å². The summed E-state index contributed by atoms with van der Waals surface area (Å²) in [5, 5.41) is 2.84. The average Bonchev–Trinajstić information content (AvgIpc) is 2.74. The van der Waals surface area contributed by atoms with Crippen LogP contribution < -0.4 is 14.9 Å². The highest BCUT2D eigenvalue weighted by molar-refractivity contribution is 7.89. The molecule has 0 unspecified atom stereocenters. The molecule has 2 aromatic rings. The molecule has 1 amide bonds. The predicted molar refractivity (Wildman–Crippen MR) is 118 cm³/mol. The Morgan fingerprint density at radius 1 is 1.03 bits per heavy atom. The molecule has 1 heterocycles. The van der Waals surface area contributed by atoms with Gasteiger partial charge in [0.05, 0.1) is 18.1 Å². The highest BCUT2D eigenvalue weighted by Crippen LogP contribution is 2.20. The van der Waals surface area contributed by atoms with Gasteiger partial charge in [-0.15, -0.1) is 0 Å². The second-order valence-electron chi connectivity index (χ2n) is 7.75. The summed E-state index contributed by atoms with van der Waals surface area (Å²) in [5.74, 6) is -0.231. The maximum absolute atomic E-state index is 12.9. The van der Waals surface area contributed by atoms with E-state index in [0.29, 0.717) is 25.3 Å². The van der Waals surface area contributed by atoms with E-state index >= 15 is 0 Å². The molecule has 0 radical (unpaired) electrons. The van der Waals surface area contributed by atoms with Crippen LogP contribution in [0, 0.1) is 5.92 Å². The quantitative estimate of drug-likeness (QED) is 0.671. The molecule has 0 bridgehead atoms. The standard InChI is InChI=1S/C22H29N3O4S/c1-17(2)16-21(24-30(27,28)20-6-4-3-5-7-20)22(26)23-18-8-10-19(11-9-18)25-12-14-29-15-13-25/h3-11,17,21,24H,12-16H2,1-2H3,(H,23,26)/t21-/m0/s1. The molecule has 1 atom stereocenters. The van der Waals surface area contributed by atoms with E-state index in [1.165, 1.54) is 12.1 Å². The highest BCUT2D eigenvalue weighted by atomic mass is 32.2. The number of benzene rings is 2. The fourth-order valence-corrected chi connectivity index (χ4v) is 4.57. The summed E-state index contributed by atoms with van der Waals surface area (Å²) in [5.41, 5.74) is 1.70. The number of carbonyl (C=O) groups excluding carboxylic acids is 1.